The third kappa shape index (κ3) is 3.57. The van der Waals surface area contributed by atoms with Crippen LogP contribution in [0, 0.1) is 5.82 Å². The maximum atomic E-state index is 12.9. The summed E-state index contributed by atoms with van der Waals surface area (Å²) in [7, 11) is 1.69. The van der Waals surface area contributed by atoms with Crippen LogP contribution in [0.25, 0.3) is 0 Å². The topological polar surface area (TPSA) is 15.7 Å². The van der Waals surface area contributed by atoms with Gasteiger partial charge in [-0.1, -0.05) is 18.2 Å². The Morgan fingerprint density at radius 2 is 1.73 bits per heavy atom. The zero-order valence-electron chi connectivity index (χ0n) is 12.8. The van der Waals surface area contributed by atoms with Crippen LogP contribution < -0.4 is 9.64 Å². The molecule has 3 nitrogen and oxygen atoms in total. The summed E-state index contributed by atoms with van der Waals surface area (Å²) in [6, 6.07) is 15.0. The van der Waals surface area contributed by atoms with E-state index in [9.17, 15) is 4.39 Å². The van der Waals surface area contributed by atoms with E-state index in [4.69, 9.17) is 4.74 Å². The quantitative estimate of drug-likeness (QED) is 0.862. The van der Waals surface area contributed by atoms with Crippen LogP contribution in [0.5, 0.6) is 5.75 Å². The molecule has 3 rings (SSSR count). The molecule has 0 unspecified atom stereocenters. The summed E-state index contributed by atoms with van der Waals surface area (Å²) in [4.78, 5) is 4.79. The van der Waals surface area contributed by atoms with E-state index in [1.54, 1.807) is 7.11 Å². The molecule has 22 heavy (non-hydrogen) atoms. The summed E-state index contributed by atoms with van der Waals surface area (Å²) in [5, 5.41) is 0. The molecule has 2 aromatic carbocycles. The highest BCUT2D eigenvalue weighted by molar-refractivity contribution is 5.51. The fourth-order valence-corrected chi connectivity index (χ4v) is 2.82. The molecular weight excluding hydrogens is 279 g/mol. The molecule has 0 aromatic heterocycles. The van der Waals surface area contributed by atoms with Crippen molar-refractivity contribution in [2.45, 2.75) is 6.54 Å². The third-order valence-electron chi connectivity index (χ3n) is 4.11. The third-order valence-corrected chi connectivity index (χ3v) is 4.11. The van der Waals surface area contributed by atoms with E-state index in [1.807, 2.05) is 24.3 Å². The largest absolute Gasteiger partial charge is 0.497 e. The fraction of sp³-hybridized carbons (Fsp3) is 0.333. The van der Waals surface area contributed by atoms with Gasteiger partial charge in [-0.2, -0.15) is 0 Å². The molecule has 0 bridgehead atoms. The SMILES string of the molecule is COc1cccc(N2CCN(Cc3ccc(F)cc3)CC2)c1. The van der Waals surface area contributed by atoms with E-state index < -0.39 is 0 Å². The monoisotopic (exact) mass is 300 g/mol. The summed E-state index contributed by atoms with van der Waals surface area (Å²) >= 11 is 0. The summed E-state index contributed by atoms with van der Waals surface area (Å²) in [5.74, 6) is 0.720. The standard InChI is InChI=1S/C18H21FN2O/c1-22-18-4-2-3-17(13-18)21-11-9-20(10-12-21)14-15-5-7-16(19)8-6-15/h2-8,13H,9-12,14H2,1H3. The Morgan fingerprint density at radius 3 is 2.41 bits per heavy atom. The summed E-state index contributed by atoms with van der Waals surface area (Å²) in [6.45, 7) is 4.89. The highest BCUT2D eigenvalue weighted by atomic mass is 19.1. The first-order valence-corrected chi connectivity index (χ1v) is 7.60. The van der Waals surface area contributed by atoms with Crippen molar-refractivity contribution in [3.63, 3.8) is 0 Å². The highest BCUT2D eigenvalue weighted by Gasteiger charge is 2.17. The van der Waals surface area contributed by atoms with E-state index in [2.05, 4.69) is 21.9 Å². The molecule has 1 heterocycles. The molecule has 0 saturated carbocycles. The molecule has 0 N–H and O–H groups in total. The second kappa shape index (κ2) is 6.79. The highest BCUT2D eigenvalue weighted by Crippen LogP contribution is 2.22. The van der Waals surface area contributed by atoms with Gasteiger partial charge in [0.2, 0.25) is 0 Å². The van der Waals surface area contributed by atoms with E-state index in [0.29, 0.717) is 0 Å². The maximum absolute atomic E-state index is 12.9. The molecule has 0 aliphatic carbocycles. The second-order valence-electron chi connectivity index (χ2n) is 5.59. The summed E-state index contributed by atoms with van der Waals surface area (Å²) < 4.78 is 18.2. The smallest absolute Gasteiger partial charge is 0.123 e. The molecule has 1 aliphatic rings. The van der Waals surface area contributed by atoms with Gasteiger partial charge in [-0.25, -0.2) is 4.39 Å². The molecule has 0 amide bonds. The van der Waals surface area contributed by atoms with E-state index in [-0.39, 0.29) is 5.82 Å². The zero-order chi connectivity index (χ0) is 15.4. The molecule has 4 heteroatoms. The molecule has 1 saturated heterocycles. The lowest BCUT2D eigenvalue weighted by atomic mass is 10.2. The molecular formula is C18H21FN2O. The van der Waals surface area contributed by atoms with Crippen LogP contribution in [0.3, 0.4) is 0 Å². The number of anilines is 1. The minimum Gasteiger partial charge on any atom is -0.497 e. The van der Waals surface area contributed by atoms with Crippen LogP contribution >= 0.6 is 0 Å². The van der Waals surface area contributed by atoms with Crippen LogP contribution in [0.4, 0.5) is 10.1 Å². The number of hydrogen-bond acceptors (Lipinski definition) is 3. The van der Waals surface area contributed by atoms with E-state index >= 15 is 0 Å². The average molecular weight is 300 g/mol. The van der Waals surface area contributed by atoms with Crippen LogP contribution in [0.2, 0.25) is 0 Å². The van der Waals surface area contributed by atoms with Gasteiger partial charge in [0, 0.05) is 44.5 Å². The molecule has 1 fully saturated rings. The average Bonchev–Trinajstić information content (AvgIpc) is 2.58. The van der Waals surface area contributed by atoms with Crippen molar-refractivity contribution >= 4 is 5.69 Å². The summed E-state index contributed by atoms with van der Waals surface area (Å²) in [5.41, 5.74) is 2.37. The first-order valence-electron chi connectivity index (χ1n) is 7.60. The van der Waals surface area contributed by atoms with Crippen molar-refractivity contribution in [1.29, 1.82) is 0 Å². The van der Waals surface area contributed by atoms with Gasteiger partial charge in [0.05, 0.1) is 7.11 Å². The van der Waals surface area contributed by atoms with Crippen molar-refractivity contribution < 1.29 is 9.13 Å². The van der Waals surface area contributed by atoms with Crippen LogP contribution in [-0.4, -0.2) is 38.2 Å². The first-order chi connectivity index (χ1) is 10.7. The van der Waals surface area contributed by atoms with Gasteiger partial charge in [-0.05, 0) is 29.8 Å². The Bertz CT molecular complexity index is 607. The molecule has 0 atom stereocenters. The van der Waals surface area contributed by atoms with Gasteiger partial charge in [0.15, 0.2) is 0 Å². The Labute approximate surface area is 130 Å². The van der Waals surface area contributed by atoms with Crippen molar-refractivity contribution in [1.82, 2.24) is 4.90 Å². The molecule has 0 spiro atoms. The maximum Gasteiger partial charge on any atom is 0.123 e. The van der Waals surface area contributed by atoms with Crippen LogP contribution in [0.15, 0.2) is 48.5 Å². The Morgan fingerprint density at radius 1 is 1.00 bits per heavy atom. The molecule has 2 aromatic rings. The van der Waals surface area contributed by atoms with Gasteiger partial charge < -0.3 is 9.64 Å². The Balaban J connectivity index is 1.56. The minimum absolute atomic E-state index is 0.174. The number of benzene rings is 2. The number of nitrogens with zero attached hydrogens (tertiary/aromatic N) is 2. The predicted molar refractivity (Wildman–Crippen MR) is 86.9 cm³/mol. The lowest BCUT2D eigenvalue weighted by Crippen LogP contribution is -2.45. The Kier molecular flexibility index (Phi) is 4.59. The molecule has 116 valence electrons. The van der Waals surface area contributed by atoms with Crippen molar-refractivity contribution in [3.8, 4) is 5.75 Å². The lowest BCUT2D eigenvalue weighted by molar-refractivity contribution is 0.249. The van der Waals surface area contributed by atoms with Gasteiger partial charge in [0.25, 0.3) is 0 Å². The van der Waals surface area contributed by atoms with Crippen LogP contribution in [-0.2, 0) is 6.54 Å². The number of ether oxygens (including phenoxy) is 1. The number of rotatable bonds is 4. The molecule has 0 radical (unpaired) electrons. The van der Waals surface area contributed by atoms with Crippen LogP contribution in [0.1, 0.15) is 5.56 Å². The zero-order valence-corrected chi connectivity index (χ0v) is 12.8. The Hall–Kier alpha value is -2.07. The summed E-state index contributed by atoms with van der Waals surface area (Å²) in [6.07, 6.45) is 0. The number of methoxy groups -OCH3 is 1. The normalized spacial score (nSPS) is 15.8. The second-order valence-corrected chi connectivity index (χ2v) is 5.59. The van der Waals surface area contributed by atoms with Crippen molar-refractivity contribution in [2.24, 2.45) is 0 Å². The number of halogens is 1. The predicted octanol–water partition coefficient (Wildman–Crippen LogP) is 3.16. The van der Waals surface area contributed by atoms with Gasteiger partial charge in [-0.15, -0.1) is 0 Å². The van der Waals surface area contributed by atoms with Gasteiger partial charge >= 0.3 is 0 Å². The van der Waals surface area contributed by atoms with Crippen molar-refractivity contribution in [2.75, 3.05) is 38.2 Å². The van der Waals surface area contributed by atoms with Gasteiger partial charge in [0.1, 0.15) is 11.6 Å². The fourth-order valence-electron chi connectivity index (χ4n) is 2.82. The van der Waals surface area contributed by atoms with E-state index in [0.717, 1.165) is 44.0 Å². The number of hydrogen-bond donors (Lipinski definition) is 0. The first kappa shape index (κ1) is 14.9. The van der Waals surface area contributed by atoms with Crippen molar-refractivity contribution in [3.05, 3.63) is 59.9 Å². The van der Waals surface area contributed by atoms with E-state index in [1.165, 1.54) is 17.8 Å². The van der Waals surface area contributed by atoms with Gasteiger partial charge in [-0.3, -0.25) is 4.90 Å². The molecule has 1 aliphatic heterocycles. The lowest BCUT2D eigenvalue weighted by Gasteiger charge is -2.36. The number of piperazine rings is 1. The minimum atomic E-state index is -0.174.